The summed E-state index contributed by atoms with van der Waals surface area (Å²) in [6.45, 7) is 8.17. The minimum Gasteiger partial charge on any atom is -0.491 e. The number of methoxy groups -OCH3 is 1. The van der Waals surface area contributed by atoms with E-state index in [-0.39, 0.29) is 50.3 Å². The first-order valence-corrected chi connectivity index (χ1v) is 15.2. The van der Waals surface area contributed by atoms with E-state index < -0.39 is 17.7 Å². The molecule has 0 radical (unpaired) electrons. The molecule has 3 aromatic heterocycles. The third kappa shape index (κ3) is 6.70. The molecule has 13 heteroatoms. The predicted octanol–water partition coefficient (Wildman–Crippen LogP) is 6.46. The van der Waals surface area contributed by atoms with Crippen LogP contribution in [0.2, 0.25) is 0 Å². The van der Waals surface area contributed by atoms with Gasteiger partial charge in [0, 0.05) is 53.3 Å². The van der Waals surface area contributed by atoms with Gasteiger partial charge in [-0.3, -0.25) is 14.6 Å². The van der Waals surface area contributed by atoms with Gasteiger partial charge in [-0.05, 0) is 45.4 Å². The fourth-order valence-electron chi connectivity index (χ4n) is 5.38. The molecule has 0 saturated carbocycles. The number of para-hydroxylation sites is 1. The summed E-state index contributed by atoms with van der Waals surface area (Å²) < 4.78 is 47.8. The molecule has 6 rings (SSSR count). The van der Waals surface area contributed by atoms with Crippen LogP contribution in [-0.2, 0) is 29.1 Å². The predicted molar refractivity (Wildman–Crippen MR) is 171 cm³/mol. The number of nitrogens with one attached hydrogen (secondary N) is 1. The molecule has 11 nitrogen and oxygen atoms in total. The number of aryl methyl sites for hydroxylation is 2. The number of rotatable bonds is 10. The molecule has 1 aliphatic rings. The second-order valence-electron chi connectivity index (χ2n) is 11.6. The van der Waals surface area contributed by atoms with Crippen LogP contribution in [0.25, 0.3) is 22.4 Å². The van der Waals surface area contributed by atoms with Gasteiger partial charge in [0.2, 0.25) is 0 Å². The van der Waals surface area contributed by atoms with Gasteiger partial charge in [0.1, 0.15) is 35.5 Å². The number of pyridine rings is 1. The molecular formula is C34H35F2N7O4. The number of carbonyl (C=O) groups excluding carboxylic acids is 1. The summed E-state index contributed by atoms with van der Waals surface area (Å²) in [5.41, 5.74) is 4.84. The summed E-state index contributed by atoms with van der Waals surface area (Å²) in [4.78, 5) is 28.6. The van der Waals surface area contributed by atoms with Crippen molar-refractivity contribution in [3.05, 3.63) is 88.4 Å². The molecule has 0 fully saturated rings. The number of aromatic nitrogens is 5. The fraction of sp³-hybridized carbons (Fsp3) is 0.324. The first-order chi connectivity index (χ1) is 22.6. The maximum atomic E-state index is 15.2. The van der Waals surface area contributed by atoms with Crippen molar-refractivity contribution in [2.45, 2.75) is 53.4 Å². The highest BCUT2D eigenvalue weighted by Crippen LogP contribution is 2.35. The van der Waals surface area contributed by atoms with E-state index in [1.54, 1.807) is 24.9 Å². The number of hydrogen-bond acceptors (Lipinski definition) is 9. The zero-order valence-electron chi connectivity index (χ0n) is 26.8. The Balaban J connectivity index is 1.41. The third-order valence-corrected chi connectivity index (χ3v) is 7.72. The molecule has 5 aromatic rings. The summed E-state index contributed by atoms with van der Waals surface area (Å²) in [7, 11) is 1.52. The number of ether oxygens (including phenoxy) is 3. The second kappa shape index (κ2) is 13.3. The Morgan fingerprint density at radius 2 is 1.81 bits per heavy atom. The fourth-order valence-corrected chi connectivity index (χ4v) is 5.38. The molecule has 0 unspecified atom stereocenters. The lowest BCUT2D eigenvalue weighted by Gasteiger charge is -2.17. The molecular weight excluding hydrogens is 608 g/mol. The highest BCUT2D eigenvalue weighted by atomic mass is 19.1. The van der Waals surface area contributed by atoms with E-state index in [1.165, 1.54) is 11.8 Å². The Kier molecular flexibility index (Phi) is 8.99. The van der Waals surface area contributed by atoms with E-state index >= 15 is 8.78 Å². The molecule has 1 aliphatic heterocycles. The summed E-state index contributed by atoms with van der Waals surface area (Å²) in [5, 5.41) is 8.92. The molecule has 1 amide bonds. The maximum Gasteiger partial charge on any atom is 0.410 e. The highest BCUT2D eigenvalue weighted by molar-refractivity contribution is 5.92. The lowest BCUT2D eigenvalue weighted by molar-refractivity contribution is 0.0758. The Hall–Kier alpha value is -5.17. The number of hydrogen-bond donors (Lipinski definition) is 1. The van der Waals surface area contributed by atoms with E-state index in [0.717, 1.165) is 34.6 Å². The minimum atomic E-state index is -0.754. The van der Waals surface area contributed by atoms with Gasteiger partial charge >= 0.3 is 6.09 Å². The van der Waals surface area contributed by atoms with Gasteiger partial charge < -0.3 is 19.5 Å². The molecule has 0 atom stereocenters. The van der Waals surface area contributed by atoms with Gasteiger partial charge in [0.05, 0.1) is 43.6 Å². The zero-order chi connectivity index (χ0) is 33.2. The van der Waals surface area contributed by atoms with Crippen molar-refractivity contribution in [2.75, 3.05) is 25.6 Å². The Morgan fingerprint density at radius 1 is 1.04 bits per heavy atom. The molecule has 0 aliphatic carbocycles. The van der Waals surface area contributed by atoms with Gasteiger partial charge in [-0.25, -0.2) is 23.5 Å². The molecule has 2 aromatic carbocycles. The minimum absolute atomic E-state index is 0.0735. The molecule has 4 heterocycles. The van der Waals surface area contributed by atoms with Crippen LogP contribution in [0.15, 0.2) is 48.7 Å². The number of nitrogens with zero attached hydrogens (tertiary/aromatic N) is 6. The van der Waals surface area contributed by atoms with Crippen LogP contribution in [0, 0.1) is 25.5 Å². The van der Waals surface area contributed by atoms with Crippen LogP contribution < -0.4 is 10.1 Å². The van der Waals surface area contributed by atoms with Crippen molar-refractivity contribution in [2.24, 2.45) is 0 Å². The van der Waals surface area contributed by atoms with Crippen LogP contribution in [0.3, 0.4) is 0 Å². The third-order valence-electron chi connectivity index (χ3n) is 7.72. The Labute approximate surface area is 270 Å². The van der Waals surface area contributed by atoms with Crippen LogP contribution in [0.5, 0.6) is 5.75 Å². The van der Waals surface area contributed by atoms with Crippen molar-refractivity contribution < 1.29 is 27.8 Å². The van der Waals surface area contributed by atoms with Crippen molar-refractivity contribution in [1.82, 2.24) is 29.6 Å². The van der Waals surface area contributed by atoms with Gasteiger partial charge in [0.25, 0.3) is 0 Å². The highest BCUT2D eigenvalue weighted by Gasteiger charge is 2.31. The number of benzene rings is 2. The second-order valence-corrected chi connectivity index (χ2v) is 11.6. The van der Waals surface area contributed by atoms with Gasteiger partial charge in [-0.1, -0.05) is 18.2 Å². The van der Waals surface area contributed by atoms with E-state index in [0.29, 0.717) is 33.9 Å². The van der Waals surface area contributed by atoms with E-state index in [4.69, 9.17) is 29.3 Å². The smallest absolute Gasteiger partial charge is 0.410 e. The van der Waals surface area contributed by atoms with Crippen LogP contribution in [-0.4, -0.2) is 62.2 Å². The normalized spacial score (nSPS) is 12.6. The van der Waals surface area contributed by atoms with Crippen LogP contribution in [0.4, 0.5) is 25.1 Å². The van der Waals surface area contributed by atoms with E-state index in [1.807, 2.05) is 44.2 Å². The standard InChI is InChI=1S/C34H35F2N7O4/c1-19(2)47-34(44)42-16-25-29(18-42)39-33(40-32(25)38-28-12-21(4)37-15-20(28)3)31-23-8-6-7-9-30(23)43(41-31)17-24-26(35)13-22(14-27(24)36)46-11-10-45-5/h6-9,12-15,19H,10-11,16-18H2,1-5H3,(H,37,38,39,40). The van der Waals surface area contributed by atoms with Crippen molar-refractivity contribution in [1.29, 1.82) is 0 Å². The first kappa shape index (κ1) is 31.8. The quantitative estimate of drug-likeness (QED) is 0.171. The van der Waals surface area contributed by atoms with Gasteiger partial charge in [-0.2, -0.15) is 5.10 Å². The number of fused-ring (bicyclic) bond motifs is 2. The van der Waals surface area contributed by atoms with Crippen molar-refractivity contribution in [3.63, 3.8) is 0 Å². The lowest BCUT2D eigenvalue weighted by atomic mass is 10.1. The largest absolute Gasteiger partial charge is 0.491 e. The lowest BCUT2D eigenvalue weighted by Crippen LogP contribution is -2.28. The molecule has 0 spiro atoms. The summed E-state index contributed by atoms with van der Waals surface area (Å²) in [6, 6.07) is 11.6. The topological polar surface area (TPSA) is 117 Å². The van der Waals surface area contributed by atoms with Crippen molar-refractivity contribution in [3.8, 4) is 17.3 Å². The van der Waals surface area contributed by atoms with Crippen LogP contribution >= 0.6 is 0 Å². The first-order valence-electron chi connectivity index (χ1n) is 15.2. The number of amides is 1. The summed E-state index contributed by atoms with van der Waals surface area (Å²) in [5.74, 6) is -0.625. The average molecular weight is 644 g/mol. The van der Waals surface area contributed by atoms with Gasteiger partial charge in [0.15, 0.2) is 5.82 Å². The molecule has 1 N–H and O–H groups in total. The summed E-state index contributed by atoms with van der Waals surface area (Å²) >= 11 is 0. The van der Waals surface area contributed by atoms with Crippen LogP contribution in [0.1, 0.15) is 41.9 Å². The van der Waals surface area contributed by atoms with E-state index in [2.05, 4.69) is 10.3 Å². The van der Waals surface area contributed by atoms with E-state index in [9.17, 15) is 4.79 Å². The number of halogens is 2. The molecule has 0 saturated heterocycles. The Morgan fingerprint density at radius 3 is 2.55 bits per heavy atom. The number of anilines is 2. The summed E-state index contributed by atoms with van der Waals surface area (Å²) in [6.07, 6.45) is 1.05. The van der Waals surface area contributed by atoms with Crippen molar-refractivity contribution >= 4 is 28.5 Å². The SMILES string of the molecule is COCCOc1cc(F)c(Cn2nc(-c3nc4c(c(Nc5cc(C)ncc5C)n3)CN(C(=O)OC(C)C)C4)c3ccccc32)c(F)c1. The molecule has 47 heavy (non-hydrogen) atoms. The zero-order valence-corrected chi connectivity index (χ0v) is 26.8. The average Bonchev–Trinajstić information content (AvgIpc) is 3.63. The monoisotopic (exact) mass is 643 g/mol. The maximum absolute atomic E-state index is 15.2. The molecule has 244 valence electrons. The number of carbonyl (C=O) groups is 1. The Bertz CT molecular complexity index is 1940. The van der Waals surface area contributed by atoms with Gasteiger partial charge in [-0.15, -0.1) is 0 Å². The molecule has 0 bridgehead atoms.